The normalized spacial score (nSPS) is 12.1. The van der Waals surface area contributed by atoms with Gasteiger partial charge in [-0.3, -0.25) is 13.7 Å². The van der Waals surface area contributed by atoms with Gasteiger partial charge in [-0.1, -0.05) is 12.1 Å². The molecule has 2 aromatic heterocycles. The number of carbonyl (C=O) groups is 1. The van der Waals surface area contributed by atoms with E-state index < -0.39 is 41.3 Å². The first-order valence-electron chi connectivity index (χ1n) is 15.0. The van der Waals surface area contributed by atoms with Crippen molar-refractivity contribution < 1.29 is 49.9 Å². The molecular formula is C34H30F2N3O9PS. The van der Waals surface area contributed by atoms with Crippen molar-refractivity contribution in [3.05, 3.63) is 90.0 Å². The Hall–Kier alpha value is -5.08. The number of furan rings is 1. The number of ether oxygens (including phenoxy) is 1. The molecule has 260 valence electrons. The van der Waals surface area contributed by atoms with Gasteiger partial charge in [-0.15, -0.1) is 0 Å². The molecule has 0 radical (unpaired) electrons. The van der Waals surface area contributed by atoms with E-state index >= 15 is 0 Å². The van der Waals surface area contributed by atoms with Crippen molar-refractivity contribution in [2.75, 3.05) is 37.4 Å². The van der Waals surface area contributed by atoms with E-state index in [2.05, 4.69) is 10.3 Å². The fraction of sp³-hybridized carbons (Fsp3) is 0.176. The number of amides is 1. The maximum absolute atomic E-state index is 14.6. The second-order valence-corrected chi connectivity index (χ2v) is 15.0. The van der Waals surface area contributed by atoms with Crippen LogP contribution in [-0.2, 0) is 14.6 Å². The van der Waals surface area contributed by atoms with Gasteiger partial charge in [0.2, 0.25) is 15.9 Å². The Morgan fingerprint density at radius 3 is 2.34 bits per heavy atom. The highest BCUT2D eigenvalue weighted by Crippen LogP contribution is 2.44. The van der Waals surface area contributed by atoms with Crippen LogP contribution >= 0.6 is 7.60 Å². The second-order valence-electron chi connectivity index (χ2n) is 11.4. The molecule has 0 unspecified atom stereocenters. The minimum atomic E-state index is -4.47. The highest BCUT2D eigenvalue weighted by Gasteiger charge is 2.29. The molecule has 4 aromatic carbocycles. The van der Waals surface area contributed by atoms with Crippen LogP contribution in [0.25, 0.3) is 56.0 Å². The number of nitrogens with zero attached hydrogens (tertiary/aromatic N) is 2. The maximum Gasteiger partial charge on any atom is 0.325 e. The minimum Gasteiger partial charge on any atom is -0.496 e. The van der Waals surface area contributed by atoms with Gasteiger partial charge < -0.3 is 28.7 Å². The first-order chi connectivity index (χ1) is 23.7. The highest BCUT2D eigenvalue weighted by atomic mass is 32.2. The third kappa shape index (κ3) is 6.85. The molecule has 0 aliphatic rings. The average Bonchev–Trinajstić information content (AvgIpc) is 3.67. The Bertz CT molecular complexity index is 2420. The van der Waals surface area contributed by atoms with Gasteiger partial charge in [-0.05, 0) is 66.6 Å². The topological polar surface area (TPSA) is 172 Å². The fourth-order valence-electron chi connectivity index (χ4n) is 5.68. The lowest BCUT2D eigenvalue weighted by Gasteiger charge is -2.25. The van der Waals surface area contributed by atoms with Gasteiger partial charge in [0.15, 0.2) is 11.4 Å². The number of hydrogen-bond acceptors (Lipinski definition) is 8. The highest BCUT2D eigenvalue weighted by molar-refractivity contribution is 7.92. The van der Waals surface area contributed by atoms with Crippen LogP contribution in [-0.4, -0.2) is 62.2 Å². The Balaban J connectivity index is 1.64. The van der Waals surface area contributed by atoms with E-state index in [4.69, 9.17) is 13.6 Å². The van der Waals surface area contributed by atoms with Gasteiger partial charge in [0.1, 0.15) is 28.4 Å². The van der Waals surface area contributed by atoms with E-state index in [0.29, 0.717) is 22.4 Å². The van der Waals surface area contributed by atoms with Crippen molar-refractivity contribution in [2.24, 2.45) is 0 Å². The summed E-state index contributed by atoms with van der Waals surface area (Å²) >= 11 is 0. The summed E-state index contributed by atoms with van der Waals surface area (Å²) in [6.45, 7) is -0.316. The van der Waals surface area contributed by atoms with E-state index in [0.717, 1.165) is 10.6 Å². The molecule has 50 heavy (non-hydrogen) atoms. The number of sulfonamides is 1. The lowest BCUT2D eigenvalue weighted by molar-refractivity contribution is 0.0964. The number of anilines is 1. The number of aromatic nitrogens is 1. The Morgan fingerprint density at radius 1 is 0.980 bits per heavy atom. The van der Waals surface area contributed by atoms with Crippen LogP contribution in [0.4, 0.5) is 14.5 Å². The number of oxazole rings is 1. The van der Waals surface area contributed by atoms with Crippen molar-refractivity contribution in [1.29, 1.82) is 0 Å². The van der Waals surface area contributed by atoms with Crippen LogP contribution in [0, 0.1) is 11.6 Å². The number of benzene rings is 4. The van der Waals surface area contributed by atoms with Crippen molar-refractivity contribution in [2.45, 2.75) is 6.42 Å². The van der Waals surface area contributed by atoms with Crippen LogP contribution in [0.5, 0.6) is 5.75 Å². The molecule has 6 rings (SSSR count). The minimum absolute atomic E-state index is 0.00712. The standard InChI is InChI=1S/C34H30F2N3O9PS/c1-37-33(40)30-23-17-22(20-10-13-27(46-2)24(16-20)34-38-31-25(36)6-4-7-28(31)48-34)26(39(50(3,44)45)14-5-15-49(41,42)43)18-29(23)47-32(30)19-8-11-21(35)12-9-19/h4,6-13,16-18H,5,14-15H2,1-3H3,(H,37,40)(H2,41,42,43). The summed E-state index contributed by atoms with van der Waals surface area (Å²) in [5, 5.41) is 2.87. The third-order valence-electron chi connectivity index (χ3n) is 7.96. The average molecular weight is 726 g/mol. The van der Waals surface area contributed by atoms with Crippen LogP contribution < -0.4 is 14.4 Å². The van der Waals surface area contributed by atoms with E-state index in [9.17, 15) is 36.3 Å². The van der Waals surface area contributed by atoms with E-state index in [-0.39, 0.29) is 63.5 Å². The molecule has 16 heteroatoms. The number of nitrogens with one attached hydrogen (secondary N) is 1. The third-order valence-corrected chi connectivity index (χ3v) is 10.0. The molecule has 2 heterocycles. The van der Waals surface area contributed by atoms with Crippen LogP contribution in [0.15, 0.2) is 81.6 Å². The van der Waals surface area contributed by atoms with Gasteiger partial charge in [0.05, 0.1) is 36.3 Å². The van der Waals surface area contributed by atoms with E-state index in [1.165, 1.54) is 56.6 Å². The summed E-state index contributed by atoms with van der Waals surface area (Å²) in [6.07, 6.45) is 0.181. The van der Waals surface area contributed by atoms with Gasteiger partial charge in [-0.25, -0.2) is 22.2 Å². The quantitative estimate of drug-likeness (QED) is 0.124. The monoisotopic (exact) mass is 725 g/mol. The molecule has 0 atom stereocenters. The first-order valence-corrected chi connectivity index (χ1v) is 18.7. The van der Waals surface area contributed by atoms with Crippen LogP contribution in [0.1, 0.15) is 16.8 Å². The smallest absolute Gasteiger partial charge is 0.325 e. The molecule has 0 spiro atoms. The Labute approximate surface area is 284 Å². The largest absolute Gasteiger partial charge is 0.496 e. The summed E-state index contributed by atoms with van der Waals surface area (Å²) in [6, 6.07) is 17.3. The van der Waals surface area contributed by atoms with Crippen molar-refractivity contribution in [1.82, 2.24) is 10.3 Å². The SMILES string of the molecule is CNC(=O)c1c(-c2ccc(F)cc2)oc2cc(N(CCCP(=O)(O)O)S(C)(=O)=O)c(-c3ccc(OC)c(-c4nc5c(F)cccc5o4)c3)cc12. The molecule has 0 fully saturated rings. The lowest BCUT2D eigenvalue weighted by Crippen LogP contribution is -2.31. The molecule has 3 N–H and O–H groups in total. The molecule has 0 bridgehead atoms. The molecular weight excluding hydrogens is 695 g/mol. The van der Waals surface area contributed by atoms with E-state index in [1.807, 2.05) is 0 Å². The number of fused-ring (bicyclic) bond motifs is 2. The summed E-state index contributed by atoms with van der Waals surface area (Å²) in [5.74, 6) is -1.23. The summed E-state index contributed by atoms with van der Waals surface area (Å²) in [4.78, 5) is 36.7. The van der Waals surface area contributed by atoms with Crippen molar-refractivity contribution >= 4 is 51.3 Å². The number of rotatable bonds is 11. The van der Waals surface area contributed by atoms with Crippen molar-refractivity contribution in [3.63, 3.8) is 0 Å². The van der Waals surface area contributed by atoms with Gasteiger partial charge in [0.25, 0.3) is 5.91 Å². The molecule has 12 nitrogen and oxygen atoms in total. The molecule has 1 amide bonds. The van der Waals surface area contributed by atoms with Crippen LogP contribution in [0.2, 0.25) is 0 Å². The molecule has 6 aromatic rings. The maximum atomic E-state index is 14.6. The van der Waals surface area contributed by atoms with Crippen molar-refractivity contribution in [3.8, 4) is 39.7 Å². The predicted molar refractivity (Wildman–Crippen MR) is 184 cm³/mol. The molecule has 0 aliphatic carbocycles. The lowest BCUT2D eigenvalue weighted by atomic mass is 9.96. The molecule has 0 saturated carbocycles. The predicted octanol–water partition coefficient (Wildman–Crippen LogP) is 6.56. The zero-order valence-corrected chi connectivity index (χ0v) is 28.5. The van der Waals surface area contributed by atoms with Gasteiger partial charge in [-0.2, -0.15) is 0 Å². The number of para-hydroxylation sites is 1. The van der Waals surface area contributed by atoms with Gasteiger partial charge >= 0.3 is 7.60 Å². The number of methoxy groups -OCH3 is 1. The van der Waals surface area contributed by atoms with Crippen LogP contribution in [0.3, 0.4) is 0 Å². The Morgan fingerprint density at radius 2 is 1.70 bits per heavy atom. The zero-order valence-electron chi connectivity index (χ0n) is 26.8. The first kappa shape index (κ1) is 34.8. The molecule has 0 saturated heterocycles. The van der Waals surface area contributed by atoms with Gasteiger partial charge in [0, 0.05) is 36.2 Å². The number of hydrogen-bond donors (Lipinski definition) is 3. The summed E-state index contributed by atoms with van der Waals surface area (Å²) in [7, 11) is -5.71. The Kier molecular flexibility index (Phi) is 9.27. The van der Waals surface area contributed by atoms with E-state index in [1.54, 1.807) is 30.3 Å². The number of halogens is 2. The molecule has 0 aliphatic heterocycles. The summed E-state index contributed by atoms with van der Waals surface area (Å²) < 4.78 is 85.3. The fourth-order valence-corrected chi connectivity index (χ4v) is 7.21. The second kappa shape index (κ2) is 13.3. The summed E-state index contributed by atoms with van der Waals surface area (Å²) in [5.41, 5.74) is 1.76. The zero-order chi connectivity index (χ0) is 36.0. The number of carbonyl (C=O) groups excluding carboxylic acids is 1.